The third-order valence-corrected chi connectivity index (χ3v) is 2.28. The normalized spacial score (nSPS) is 18.2. The topological polar surface area (TPSA) is 33.1 Å². The van der Waals surface area contributed by atoms with Crippen LogP contribution in [0.1, 0.15) is 24.8 Å². The second kappa shape index (κ2) is 3.20. The third-order valence-electron chi connectivity index (χ3n) is 2.28. The van der Waals surface area contributed by atoms with Crippen LogP contribution in [-0.2, 0) is 0 Å². The first-order chi connectivity index (χ1) is 6.29. The van der Waals surface area contributed by atoms with Crippen LogP contribution >= 0.6 is 0 Å². The Morgan fingerprint density at radius 3 is 2.85 bits per heavy atom. The Morgan fingerprint density at radius 1 is 1.46 bits per heavy atom. The van der Waals surface area contributed by atoms with Crippen LogP contribution in [0.25, 0.3) is 0 Å². The third kappa shape index (κ3) is 1.88. The van der Waals surface area contributed by atoms with Crippen molar-refractivity contribution >= 4 is 0 Å². The lowest BCUT2D eigenvalue weighted by molar-refractivity contribution is 0.0240. The smallest absolute Gasteiger partial charge is 0.125 e. The van der Waals surface area contributed by atoms with E-state index in [1.807, 2.05) is 12.1 Å². The Kier molecular flexibility index (Phi) is 2.03. The lowest BCUT2D eigenvalue weighted by atomic mass is 9.81. The maximum atomic E-state index is 9.68. The summed E-state index contributed by atoms with van der Waals surface area (Å²) in [5, 5.41) is 9.68. The van der Waals surface area contributed by atoms with Gasteiger partial charge in [-0.25, -0.2) is 0 Å². The van der Waals surface area contributed by atoms with Gasteiger partial charge in [0.2, 0.25) is 0 Å². The van der Waals surface area contributed by atoms with E-state index in [-0.39, 0.29) is 0 Å². The predicted molar refractivity (Wildman–Crippen MR) is 49.9 cm³/mol. The summed E-state index contributed by atoms with van der Waals surface area (Å²) in [6, 6.07) is 3.73. The Labute approximate surface area is 77.6 Å². The molecule has 1 N–H and O–H groups in total. The first-order valence-corrected chi connectivity index (χ1v) is 4.44. The standard InChI is InChI=1S/C11H11NO/c13-11(5-2-6-11)7-4-10-3-1-8-12-9-10/h1,3,8-9,13H,2,5-6H2. The van der Waals surface area contributed by atoms with Crippen LogP contribution in [0.4, 0.5) is 0 Å². The lowest BCUT2D eigenvalue weighted by Crippen LogP contribution is -2.34. The Hall–Kier alpha value is -1.33. The molecule has 2 heteroatoms. The molecule has 13 heavy (non-hydrogen) atoms. The zero-order valence-electron chi connectivity index (χ0n) is 7.33. The molecular weight excluding hydrogens is 162 g/mol. The van der Waals surface area contributed by atoms with Gasteiger partial charge in [-0.2, -0.15) is 0 Å². The number of aromatic nitrogens is 1. The summed E-state index contributed by atoms with van der Waals surface area (Å²) in [7, 11) is 0. The molecule has 0 bridgehead atoms. The molecule has 0 amide bonds. The van der Waals surface area contributed by atoms with Gasteiger partial charge in [-0.3, -0.25) is 4.98 Å². The molecule has 0 radical (unpaired) electrons. The highest BCUT2D eigenvalue weighted by Crippen LogP contribution is 2.30. The average Bonchev–Trinajstić information content (AvgIpc) is 2.13. The van der Waals surface area contributed by atoms with E-state index in [9.17, 15) is 5.11 Å². The lowest BCUT2D eigenvalue weighted by Gasteiger charge is -2.30. The summed E-state index contributed by atoms with van der Waals surface area (Å²) in [5.74, 6) is 5.80. The van der Waals surface area contributed by atoms with Crippen molar-refractivity contribution in [2.45, 2.75) is 24.9 Å². The molecule has 1 heterocycles. The predicted octanol–water partition coefficient (Wildman–Crippen LogP) is 1.35. The van der Waals surface area contributed by atoms with Crippen molar-refractivity contribution < 1.29 is 5.11 Å². The monoisotopic (exact) mass is 173 g/mol. The molecular formula is C11H11NO. The summed E-state index contributed by atoms with van der Waals surface area (Å²) in [4.78, 5) is 3.95. The molecule has 1 aromatic heterocycles. The number of pyridine rings is 1. The van der Waals surface area contributed by atoms with Crippen molar-refractivity contribution in [3.8, 4) is 11.8 Å². The van der Waals surface area contributed by atoms with Gasteiger partial charge in [0.05, 0.1) is 0 Å². The van der Waals surface area contributed by atoms with Crippen LogP contribution in [0.15, 0.2) is 24.5 Å². The van der Waals surface area contributed by atoms with Crippen molar-refractivity contribution in [1.82, 2.24) is 4.98 Å². The zero-order chi connectivity index (χ0) is 9.15. The molecule has 0 atom stereocenters. The highest BCUT2D eigenvalue weighted by Gasteiger charge is 2.31. The van der Waals surface area contributed by atoms with Crippen LogP contribution in [0.2, 0.25) is 0 Å². The van der Waals surface area contributed by atoms with E-state index in [1.54, 1.807) is 12.4 Å². The highest BCUT2D eigenvalue weighted by atomic mass is 16.3. The van der Waals surface area contributed by atoms with Gasteiger partial charge < -0.3 is 5.11 Å². The number of hydrogen-bond donors (Lipinski definition) is 1. The zero-order valence-corrected chi connectivity index (χ0v) is 7.33. The minimum Gasteiger partial charge on any atom is -0.378 e. The van der Waals surface area contributed by atoms with E-state index >= 15 is 0 Å². The Morgan fingerprint density at radius 2 is 2.31 bits per heavy atom. The molecule has 0 aliphatic heterocycles. The van der Waals surface area contributed by atoms with Crippen LogP contribution < -0.4 is 0 Å². The average molecular weight is 173 g/mol. The van der Waals surface area contributed by atoms with E-state index < -0.39 is 5.60 Å². The molecule has 0 aromatic carbocycles. The first-order valence-electron chi connectivity index (χ1n) is 4.44. The maximum Gasteiger partial charge on any atom is 0.125 e. The van der Waals surface area contributed by atoms with Crippen LogP contribution in [-0.4, -0.2) is 15.7 Å². The van der Waals surface area contributed by atoms with E-state index in [0.717, 1.165) is 24.8 Å². The van der Waals surface area contributed by atoms with E-state index in [4.69, 9.17) is 0 Å². The summed E-state index contributed by atoms with van der Waals surface area (Å²) in [6.07, 6.45) is 6.11. The number of hydrogen-bond acceptors (Lipinski definition) is 2. The van der Waals surface area contributed by atoms with E-state index in [0.29, 0.717) is 0 Å². The van der Waals surface area contributed by atoms with Gasteiger partial charge in [-0.1, -0.05) is 11.8 Å². The largest absolute Gasteiger partial charge is 0.378 e. The summed E-state index contributed by atoms with van der Waals surface area (Å²) < 4.78 is 0. The minimum atomic E-state index is -0.712. The van der Waals surface area contributed by atoms with Gasteiger partial charge in [0, 0.05) is 18.0 Å². The molecule has 1 aliphatic carbocycles. The van der Waals surface area contributed by atoms with Gasteiger partial charge in [-0.15, -0.1) is 0 Å². The van der Waals surface area contributed by atoms with Gasteiger partial charge in [0.1, 0.15) is 5.60 Å². The molecule has 0 unspecified atom stereocenters. The second-order valence-corrected chi connectivity index (χ2v) is 3.38. The van der Waals surface area contributed by atoms with Crippen molar-refractivity contribution in [2.24, 2.45) is 0 Å². The van der Waals surface area contributed by atoms with Gasteiger partial charge in [-0.05, 0) is 31.4 Å². The van der Waals surface area contributed by atoms with Crippen molar-refractivity contribution in [3.63, 3.8) is 0 Å². The number of rotatable bonds is 0. The number of aliphatic hydroxyl groups is 1. The highest BCUT2D eigenvalue weighted by molar-refractivity contribution is 5.34. The molecule has 0 spiro atoms. The fourth-order valence-corrected chi connectivity index (χ4v) is 1.26. The first kappa shape index (κ1) is 8.28. The number of nitrogens with zero attached hydrogens (tertiary/aromatic N) is 1. The summed E-state index contributed by atoms with van der Waals surface area (Å²) >= 11 is 0. The Balaban J connectivity index is 2.13. The molecule has 0 saturated heterocycles. The molecule has 2 nitrogen and oxygen atoms in total. The molecule has 1 saturated carbocycles. The SMILES string of the molecule is OC1(C#Cc2cccnc2)CCC1. The van der Waals surface area contributed by atoms with Crippen LogP contribution in [0, 0.1) is 11.8 Å². The van der Waals surface area contributed by atoms with Crippen molar-refractivity contribution in [2.75, 3.05) is 0 Å². The molecule has 1 aromatic rings. The van der Waals surface area contributed by atoms with Gasteiger partial charge >= 0.3 is 0 Å². The molecule has 2 rings (SSSR count). The molecule has 66 valence electrons. The van der Waals surface area contributed by atoms with E-state index in [1.165, 1.54) is 0 Å². The second-order valence-electron chi connectivity index (χ2n) is 3.38. The fourth-order valence-electron chi connectivity index (χ4n) is 1.26. The van der Waals surface area contributed by atoms with Crippen molar-refractivity contribution in [1.29, 1.82) is 0 Å². The molecule has 1 fully saturated rings. The fraction of sp³-hybridized carbons (Fsp3) is 0.364. The van der Waals surface area contributed by atoms with E-state index in [2.05, 4.69) is 16.8 Å². The summed E-state index contributed by atoms with van der Waals surface area (Å²) in [6.45, 7) is 0. The van der Waals surface area contributed by atoms with Gasteiger partial charge in [0.25, 0.3) is 0 Å². The van der Waals surface area contributed by atoms with Crippen LogP contribution in [0.5, 0.6) is 0 Å². The maximum absolute atomic E-state index is 9.68. The van der Waals surface area contributed by atoms with Crippen molar-refractivity contribution in [3.05, 3.63) is 30.1 Å². The summed E-state index contributed by atoms with van der Waals surface area (Å²) in [5.41, 5.74) is 0.151. The Bertz CT molecular complexity index is 343. The van der Waals surface area contributed by atoms with Gasteiger partial charge in [0.15, 0.2) is 0 Å². The molecule has 1 aliphatic rings. The quantitative estimate of drug-likeness (QED) is 0.601. The van der Waals surface area contributed by atoms with Crippen LogP contribution in [0.3, 0.4) is 0 Å². The minimum absolute atomic E-state index is 0.712.